The largest absolute Gasteiger partial charge is 0.305 e. The SMILES string of the molecule is Cc1ccc([C@H](C)NCc2ccc(Cl)s2)cc1. The highest BCUT2D eigenvalue weighted by atomic mass is 35.5. The summed E-state index contributed by atoms with van der Waals surface area (Å²) in [5, 5.41) is 3.50. The van der Waals surface area contributed by atoms with Crippen molar-refractivity contribution in [3.8, 4) is 0 Å². The summed E-state index contributed by atoms with van der Waals surface area (Å²) in [5.41, 5.74) is 2.62. The average molecular weight is 266 g/mol. The second kappa shape index (κ2) is 5.67. The van der Waals surface area contributed by atoms with Gasteiger partial charge in [-0.2, -0.15) is 0 Å². The van der Waals surface area contributed by atoms with Crippen molar-refractivity contribution < 1.29 is 0 Å². The molecular weight excluding hydrogens is 250 g/mol. The van der Waals surface area contributed by atoms with E-state index in [1.54, 1.807) is 11.3 Å². The van der Waals surface area contributed by atoms with Crippen molar-refractivity contribution in [3.63, 3.8) is 0 Å². The van der Waals surface area contributed by atoms with E-state index < -0.39 is 0 Å². The van der Waals surface area contributed by atoms with Gasteiger partial charge in [0, 0.05) is 17.5 Å². The van der Waals surface area contributed by atoms with Crippen LogP contribution in [0, 0.1) is 6.92 Å². The number of thiophene rings is 1. The van der Waals surface area contributed by atoms with Crippen LogP contribution in [-0.4, -0.2) is 0 Å². The third-order valence-corrected chi connectivity index (χ3v) is 4.02. The lowest BCUT2D eigenvalue weighted by molar-refractivity contribution is 0.579. The van der Waals surface area contributed by atoms with Gasteiger partial charge in [0.05, 0.1) is 4.34 Å². The van der Waals surface area contributed by atoms with E-state index in [1.807, 2.05) is 6.07 Å². The van der Waals surface area contributed by atoms with Gasteiger partial charge in [-0.3, -0.25) is 0 Å². The van der Waals surface area contributed by atoms with E-state index in [1.165, 1.54) is 16.0 Å². The summed E-state index contributed by atoms with van der Waals surface area (Å²) in [6.45, 7) is 5.15. The molecule has 0 aliphatic heterocycles. The predicted octanol–water partition coefficient (Wildman–Crippen LogP) is 4.56. The fraction of sp³-hybridized carbons (Fsp3) is 0.286. The van der Waals surface area contributed by atoms with E-state index in [9.17, 15) is 0 Å². The van der Waals surface area contributed by atoms with Crippen molar-refractivity contribution in [2.75, 3.05) is 0 Å². The molecule has 0 spiro atoms. The summed E-state index contributed by atoms with van der Waals surface area (Å²) < 4.78 is 0.852. The molecule has 0 fully saturated rings. The summed E-state index contributed by atoms with van der Waals surface area (Å²) in [6.07, 6.45) is 0. The molecule has 0 aliphatic carbocycles. The van der Waals surface area contributed by atoms with Gasteiger partial charge in [0.25, 0.3) is 0 Å². The number of nitrogens with one attached hydrogen (secondary N) is 1. The molecule has 1 aromatic heterocycles. The van der Waals surface area contributed by atoms with Crippen LogP contribution in [0.25, 0.3) is 0 Å². The van der Waals surface area contributed by atoms with Crippen LogP contribution in [0.3, 0.4) is 0 Å². The fourth-order valence-electron chi connectivity index (χ4n) is 1.67. The molecule has 0 saturated carbocycles. The predicted molar refractivity (Wildman–Crippen MR) is 75.8 cm³/mol. The van der Waals surface area contributed by atoms with Crippen LogP contribution in [0.2, 0.25) is 4.34 Å². The third kappa shape index (κ3) is 3.56. The monoisotopic (exact) mass is 265 g/mol. The zero-order chi connectivity index (χ0) is 12.3. The Kier molecular flexibility index (Phi) is 4.21. The molecule has 0 bridgehead atoms. The Morgan fingerprint density at radius 1 is 1.18 bits per heavy atom. The van der Waals surface area contributed by atoms with Gasteiger partial charge in [0.15, 0.2) is 0 Å². The third-order valence-electron chi connectivity index (χ3n) is 2.79. The fourth-order valence-corrected chi connectivity index (χ4v) is 2.71. The maximum Gasteiger partial charge on any atom is 0.0931 e. The Morgan fingerprint density at radius 3 is 2.47 bits per heavy atom. The molecule has 2 aromatic rings. The quantitative estimate of drug-likeness (QED) is 0.855. The van der Waals surface area contributed by atoms with Crippen molar-refractivity contribution in [3.05, 3.63) is 56.7 Å². The molecule has 1 atom stereocenters. The summed E-state index contributed by atoms with van der Waals surface area (Å²) in [6, 6.07) is 13.0. The molecule has 1 aromatic carbocycles. The van der Waals surface area contributed by atoms with Crippen LogP contribution in [-0.2, 0) is 6.54 Å². The van der Waals surface area contributed by atoms with Crippen LogP contribution in [0.4, 0.5) is 0 Å². The second-order valence-corrected chi connectivity index (χ2v) is 6.02. The summed E-state index contributed by atoms with van der Waals surface area (Å²) in [5.74, 6) is 0. The summed E-state index contributed by atoms with van der Waals surface area (Å²) >= 11 is 7.53. The van der Waals surface area contributed by atoms with E-state index in [0.29, 0.717) is 6.04 Å². The number of hydrogen-bond donors (Lipinski definition) is 1. The minimum absolute atomic E-state index is 0.358. The smallest absolute Gasteiger partial charge is 0.0931 e. The van der Waals surface area contributed by atoms with Crippen molar-refractivity contribution >= 4 is 22.9 Å². The zero-order valence-corrected chi connectivity index (χ0v) is 11.6. The van der Waals surface area contributed by atoms with Crippen molar-refractivity contribution in [2.24, 2.45) is 0 Å². The molecule has 1 heterocycles. The lowest BCUT2D eigenvalue weighted by Gasteiger charge is -2.13. The lowest BCUT2D eigenvalue weighted by Crippen LogP contribution is -2.17. The molecule has 0 aliphatic rings. The van der Waals surface area contributed by atoms with Crippen LogP contribution in [0.1, 0.15) is 29.0 Å². The van der Waals surface area contributed by atoms with E-state index in [4.69, 9.17) is 11.6 Å². The number of halogens is 1. The summed E-state index contributed by atoms with van der Waals surface area (Å²) in [4.78, 5) is 1.27. The number of aryl methyl sites for hydroxylation is 1. The molecule has 0 radical (unpaired) electrons. The minimum Gasteiger partial charge on any atom is -0.305 e. The van der Waals surface area contributed by atoms with Gasteiger partial charge in [0.2, 0.25) is 0 Å². The molecular formula is C14H16ClNS. The van der Waals surface area contributed by atoms with Gasteiger partial charge in [0.1, 0.15) is 0 Å². The maximum atomic E-state index is 5.90. The van der Waals surface area contributed by atoms with Gasteiger partial charge in [-0.1, -0.05) is 41.4 Å². The van der Waals surface area contributed by atoms with Crippen LogP contribution >= 0.6 is 22.9 Å². The standard InChI is InChI=1S/C14H16ClNS/c1-10-3-5-12(6-4-10)11(2)16-9-13-7-8-14(15)17-13/h3-8,11,16H,9H2,1-2H3/t11-/m0/s1. The Morgan fingerprint density at radius 2 is 1.88 bits per heavy atom. The first-order chi connectivity index (χ1) is 8.15. The maximum absolute atomic E-state index is 5.90. The van der Waals surface area contributed by atoms with E-state index in [-0.39, 0.29) is 0 Å². The van der Waals surface area contributed by atoms with Gasteiger partial charge in [-0.25, -0.2) is 0 Å². The van der Waals surface area contributed by atoms with E-state index >= 15 is 0 Å². The van der Waals surface area contributed by atoms with Crippen molar-refractivity contribution in [1.82, 2.24) is 5.32 Å². The number of rotatable bonds is 4. The van der Waals surface area contributed by atoms with Crippen molar-refractivity contribution in [1.29, 1.82) is 0 Å². The van der Waals surface area contributed by atoms with E-state index in [0.717, 1.165) is 10.9 Å². The lowest BCUT2D eigenvalue weighted by atomic mass is 10.1. The van der Waals surface area contributed by atoms with Crippen LogP contribution < -0.4 is 5.32 Å². The van der Waals surface area contributed by atoms with Crippen LogP contribution in [0.15, 0.2) is 36.4 Å². The molecule has 1 N–H and O–H groups in total. The number of benzene rings is 1. The summed E-state index contributed by atoms with van der Waals surface area (Å²) in [7, 11) is 0. The van der Waals surface area contributed by atoms with Gasteiger partial charge < -0.3 is 5.32 Å². The highest BCUT2D eigenvalue weighted by Gasteiger charge is 2.05. The number of hydrogen-bond acceptors (Lipinski definition) is 2. The zero-order valence-electron chi connectivity index (χ0n) is 10.0. The Labute approximate surface area is 111 Å². The Balaban J connectivity index is 1.93. The first kappa shape index (κ1) is 12.6. The van der Waals surface area contributed by atoms with Crippen LogP contribution in [0.5, 0.6) is 0 Å². The Hall–Kier alpha value is -0.830. The molecule has 17 heavy (non-hydrogen) atoms. The first-order valence-electron chi connectivity index (χ1n) is 5.69. The normalized spacial score (nSPS) is 12.6. The highest BCUT2D eigenvalue weighted by molar-refractivity contribution is 7.16. The topological polar surface area (TPSA) is 12.0 Å². The molecule has 90 valence electrons. The average Bonchev–Trinajstić information content (AvgIpc) is 2.73. The highest BCUT2D eigenvalue weighted by Crippen LogP contribution is 2.22. The Bertz CT molecular complexity index is 475. The van der Waals surface area contributed by atoms with Gasteiger partial charge in [-0.15, -0.1) is 11.3 Å². The minimum atomic E-state index is 0.358. The first-order valence-corrected chi connectivity index (χ1v) is 6.89. The molecule has 0 amide bonds. The molecule has 0 saturated heterocycles. The second-order valence-electron chi connectivity index (χ2n) is 4.22. The molecule has 3 heteroatoms. The van der Waals surface area contributed by atoms with Crippen molar-refractivity contribution in [2.45, 2.75) is 26.4 Å². The molecule has 0 unspecified atom stereocenters. The molecule has 2 rings (SSSR count). The van der Waals surface area contributed by atoms with Gasteiger partial charge >= 0.3 is 0 Å². The molecule has 1 nitrogen and oxygen atoms in total. The van der Waals surface area contributed by atoms with E-state index in [2.05, 4.69) is 49.5 Å². The van der Waals surface area contributed by atoms with Gasteiger partial charge in [-0.05, 0) is 31.5 Å².